The quantitative estimate of drug-likeness (QED) is 0.679. The van der Waals surface area contributed by atoms with Gasteiger partial charge < -0.3 is 5.11 Å². The van der Waals surface area contributed by atoms with Crippen LogP contribution in [0.4, 0.5) is 0 Å². The fraction of sp³-hybridized carbons (Fsp3) is 0.538. The first-order valence-electron chi connectivity index (χ1n) is 6.38. The van der Waals surface area contributed by atoms with Gasteiger partial charge in [-0.3, -0.25) is 0 Å². The van der Waals surface area contributed by atoms with Gasteiger partial charge >= 0.3 is 0 Å². The summed E-state index contributed by atoms with van der Waals surface area (Å²) in [4.78, 5) is 0. The van der Waals surface area contributed by atoms with Crippen molar-refractivity contribution in [2.24, 2.45) is 5.92 Å². The van der Waals surface area contributed by atoms with Crippen LogP contribution in [-0.4, -0.2) is 25.7 Å². The molecule has 0 spiro atoms. The van der Waals surface area contributed by atoms with Crippen LogP contribution in [-0.2, 0) is 10.0 Å². The molecular formula is C13H20BrNO3S2. The number of aliphatic hydroxyl groups excluding tert-OH is 1. The van der Waals surface area contributed by atoms with Crippen molar-refractivity contribution < 1.29 is 13.5 Å². The Morgan fingerprint density at radius 1 is 1.55 bits per heavy atom. The maximum Gasteiger partial charge on any atom is 0.250 e. The molecule has 0 aromatic carbocycles. The van der Waals surface area contributed by atoms with E-state index < -0.39 is 22.2 Å². The molecule has 0 aliphatic carbocycles. The molecule has 0 fully saturated rings. The number of hydrogen-bond acceptors (Lipinski definition) is 4. The van der Waals surface area contributed by atoms with E-state index in [1.165, 1.54) is 0 Å². The highest BCUT2D eigenvalue weighted by Crippen LogP contribution is 2.27. The molecule has 0 aliphatic rings. The first-order valence-corrected chi connectivity index (χ1v) is 9.47. The Hall–Kier alpha value is -0.210. The molecule has 2 N–H and O–H groups in total. The van der Waals surface area contributed by atoms with Crippen LogP contribution < -0.4 is 4.72 Å². The van der Waals surface area contributed by atoms with E-state index in [-0.39, 0.29) is 10.1 Å². The van der Waals surface area contributed by atoms with E-state index in [1.807, 2.05) is 13.8 Å². The van der Waals surface area contributed by atoms with Crippen molar-refractivity contribution in [3.8, 4) is 0 Å². The highest BCUT2D eigenvalue weighted by molar-refractivity contribution is 9.11. The molecule has 0 radical (unpaired) electrons. The van der Waals surface area contributed by atoms with Crippen LogP contribution >= 0.6 is 27.3 Å². The second-order valence-corrected chi connectivity index (χ2v) is 9.09. The van der Waals surface area contributed by atoms with E-state index in [9.17, 15) is 13.5 Å². The Bertz CT molecular complexity index is 542. The molecule has 0 aliphatic heterocycles. The summed E-state index contributed by atoms with van der Waals surface area (Å²) in [7, 11) is -3.61. The van der Waals surface area contributed by atoms with Gasteiger partial charge in [-0.05, 0) is 40.4 Å². The minimum absolute atomic E-state index is 0.0307. The lowest BCUT2D eigenvalue weighted by atomic mass is 9.94. The summed E-state index contributed by atoms with van der Waals surface area (Å²) in [5, 5.41) is 10.1. The van der Waals surface area contributed by atoms with E-state index in [4.69, 9.17) is 0 Å². The number of nitrogens with one attached hydrogen (secondary N) is 1. The Balaban J connectivity index is 2.96. The number of thiophene rings is 1. The van der Waals surface area contributed by atoms with Gasteiger partial charge in [0.2, 0.25) is 10.0 Å². The van der Waals surface area contributed by atoms with Crippen molar-refractivity contribution in [3.05, 3.63) is 28.6 Å². The highest BCUT2D eigenvalue weighted by atomic mass is 79.9. The van der Waals surface area contributed by atoms with Gasteiger partial charge in [0.1, 0.15) is 4.21 Å². The monoisotopic (exact) mass is 381 g/mol. The molecule has 0 saturated carbocycles. The van der Waals surface area contributed by atoms with Crippen LogP contribution in [0.3, 0.4) is 0 Å². The smallest absolute Gasteiger partial charge is 0.250 e. The van der Waals surface area contributed by atoms with Crippen molar-refractivity contribution in [2.45, 2.75) is 43.0 Å². The standard InChI is InChI=1S/C13H20BrNO3S2/c1-4-6-10(16)13(9(3)5-2)15-20(17,18)12-8-7-11(14)19-12/h4,7-10,13,15-16H,1,5-6H2,2-3H3/t9-,10+,13+/m0/s1. The second kappa shape index (κ2) is 7.70. The van der Waals surface area contributed by atoms with Crippen LogP contribution in [0, 0.1) is 5.92 Å². The van der Waals surface area contributed by atoms with Gasteiger partial charge in [0.15, 0.2) is 0 Å². The first kappa shape index (κ1) is 17.8. The normalized spacial score (nSPS) is 16.6. The van der Waals surface area contributed by atoms with Crippen molar-refractivity contribution in [3.63, 3.8) is 0 Å². The summed E-state index contributed by atoms with van der Waals surface area (Å²) in [6, 6.07) is 2.71. The molecule has 1 aromatic heterocycles. The molecule has 7 heteroatoms. The highest BCUT2D eigenvalue weighted by Gasteiger charge is 2.29. The molecule has 0 unspecified atom stereocenters. The van der Waals surface area contributed by atoms with Crippen molar-refractivity contribution in [2.75, 3.05) is 0 Å². The summed E-state index contributed by atoms with van der Waals surface area (Å²) in [5.41, 5.74) is 0. The van der Waals surface area contributed by atoms with Crippen molar-refractivity contribution >= 4 is 37.3 Å². The minimum Gasteiger partial charge on any atom is -0.391 e. The van der Waals surface area contributed by atoms with Gasteiger partial charge in [-0.2, -0.15) is 0 Å². The minimum atomic E-state index is -3.61. The van der Waals surface area contributed by atoms with Gasteiger partial charge in [0.05, 0.1) is 15.9 Å². The number of sulfonamides is 1. The average molecular weight is 382 g/mol. The number of halogens is 1. The topological polar surface area (TPSA) is 66.4 Å². The van der Waals surface area contributed by atoms with Crippen molar-refractivity contribution in [1.82, 2.24) is 4.72 Å². The summed E-state index contributed by atoms with van der Waals surface area (Å²) in [6.45, 7) is 7.47. The van der Waals surface area contributed by atoms with E-state index in [0.717, 1.165) is 21.5 Å². The Labute approximate surface area is 133 Å². The lowest BCUT2D eigenvalue weighted by Gasteiger charge is -2.28. The molecular weight excluding hydrogens is 362 g/mol. The van der Waals surface area contributed by atoms with Gasteiger partial charge in [0, 0.05) is 0 Å². The Morgan fingerprint density at radius 2 is 2.20 bits per heavy atom. The Kier molecular flexibility index (Phi) is 6.87. The fourth-order valence-electron chi connectivity index (χ4n) is 1.82. The summed E-state index contributed by atoms with van der Waals surface area (Å²) in [6.07, 6.45) is 1.94. The first-order chi connectivity index (χ1) is 9.31. The van der Waals surface area contributed by atoms with E-state index >= 15 is 0 Å². The van der Waals surface area contributed by atoms with E-state index in [2.05, 4.69) is 27.2 Å². The van der Waals surface area contributed by atoms with Gasteiger partial charge in [-0.25, -0.2) is 13.1 Å². The fourth-order valence-corrected chi connectivity index (χ4v) is 5.23. The molecule has 1 rings (SSSR count). The largest absolute Gasteiger partial charge is 0.391 e. The number of aliphatic hydroxyl groups is 1. The summed E-state index contributed by atoms with van der Waals surface area (Å²) >= 11 is 4.40. The number of hydrogen-bond donors (Lipinski definition) is 2. The van der Waals surface area contributed by atoms with Gasteiger partial charge in [-0.15, -0.1) is 17.9 Å². The average Bonchev–Trinajstić information content (AvgIpc) is 2.83. The molecule has 3 atom stereocenters. The molecule has 0 amide bonds. The summed E-state index contributed by atoms with van der Waals surface area (Å²) in [5.74, 6) is 0.0307. The predicted molar refractivity (Wildman–Crippen MR) is 86.4 cm³/mol. The zero-order valence-corrected chi connectivity index (χ0v) is 14.8. The molecule has 0 saturated heterocycles. The zero-order valence-electron chi connectivity index (χ0n) is 11.5. The molecule has 4 nitrogen and oxygen atoms in total. The van der Waals surface area contributed by atoms with Crippen LogP contribution in [0.1, 0.15) is 26.7 Å². The van der Waals surface area contributed by atoms with Crippen molar-refractivity contribution in [1.29, 1.82) is 0 Å². The third kappa shape index (κ3) is 4.66. The molecule has 1 heterocycles. The SMILES string of the molecule is C=CC[C@@H](O)[C@H](NS(=O)(=O)c1ccc(Br)s1)[C@@H](C)CC. The van der Waals surface area contributed by atoms with Crippen LogP contribution in [0.25, 0.3) is 0 Å². The second-order valence-electron chi connectivity index (χ2n) is 4.68. The van der Waals surface area contributed by atoms with Crippen LogP contribution in [0.5, 0.6) is 0 Å². The predicted octanol–water partition coefficient (Wildman–Crippen LogP) is 3.14. The van der Waals surface area contributed by atoms with Gasteiger partial charge in [-0.1, -0.05) is 26.3 Å². The lowest BCUT2D eigenvalue weighted by molar-refractivity contribution is 0.114. The molecule has 114 valence electrons. The molecule has 20 heavy (non-hydrogen) atoms. The maximum atomic E-state index is 12.3. The Morgan fingerprint density at radius 3 is 2.65 bits per heavy atom. The third-order valence-corrected chi connectivity index (χ3v) is 6.76. The third-order valence-electron chi connectivity index (χ3n) is 3.18. The van der Waals surface area contributed by atoms with Crippen LogP contribution in [0.15, 0.2) is 32.8 Å². The lowest BCUT2D eigenvalue weighted by Crippen LogP contribution is -2.46. The van der Waals surface area contributed by atoms with Gasteiger partial charge in [0.25, 0.3) is 0 Å². The van der Waals surface area contributed by atoms with Crippen LogP contribution in [0.2, 0.25) is 0 Å². The molecule has 1 aromatic rings. The maximum absolute atomic E-state index is 12.3. The van der Waals surface area contributed by atoms with E-state index in [0.29, 0.717) is 6.42 Å². The summed E-state index contributed by atoms with van der Waals surface area (Å²) < 4.78 is 28.3. The zero-order chi connectivity index (χ0) is 15.3. The number of rotatable bonds is 8. The molecule has 0 bridgehead atoms. The van der Waals surface area contributed by atoms with E-state index in [1.54, 1.807) is 18.2 Å².